The molecule has 1 saturated carbocycles. The van der Waals surface area contributed by atoms with Crippen LogP contribution in [-0.4, -0.2) is 39.6 Å². The van der Waals surface area contributed by atoms with E-state index in [0.29, 0.717) is 36.3 Å². The Morgan fingerprint density at radius 1 is 1.29 bits per heavy atom. The van der Waals surface area contributed by atoms with Crippen LogP contribution in [0, 0.1) is 12.3 Å². The fraction of sp³-hybridized carbons (Fsp3) is 0.478. The lowest BCUT2D eigenvalue weighted by molar-refractivity contribution is 0.0925. The molecule has 0 radical (unpaired) electrons. The van der Waals surface area contributed by atoms with Gasteiger partial charge in [-0.2, -0.15) is 0 Å². The van der Waals surface area contributed by atoms with Crippen molar-refractivity contribution in [2.45, 2.75) is 58.0 Å². The fourth-order valence-electron chi connectivity index (χ4n) is 4.36. The van der Waals surface area contributed by atoms with Crippen molar-refractivity contribution in [1.82, 2.24) is 19.3 Å². The second-order valence-electron chi connectivity index (χ2n) is 8.25. The van der Waals surface area contributed by atoms with Crippen molar-refractivity contribution in [2.24, 2.45) is 0 Å². The molecule has 3 aromatic heterocycles. The van der Waals surface area contributed by atoms with Gasteiger partial charge in [0.15, 0.2) is 0 Å². The zero-order valence-electron chi connectivity index (χ0n) is 18.1. The Hall–Kier alpha value is -3.00. The Labute approximate surface area is 180 Å². The number of amides is 1. The van der Waals surface area contributed by atoms with Crippen LogP contribution in [-0.2, 0) is 11.3 Å². The highest BCUT2D eigenvalue weighted by molar-refractivity contribution is 5.97. The van der Waals surface area contributed by atoms with E-state index in [2.05, 4.69) is 5.32 Å². The molecule has 1 fully saturated rings. The summed E-state index contributed by atoms with van der Waals surface area (Å²) in [4.78, 5) is 31.1. The van der Waals surface area contributed by atoms with E-state index in [1.807, 2.05) is 13.0 Å². The summed E-state index contributed by atoms with van der Waals surface area (Å²) in [7, 11) is 1.62. The second kappa shape index (κ2) is 9.01. The molecule has 8 nitrogen and oxygen atoms in total. The van der Waals surface area contributed by atoms with Gasteiger partial charge in [0.2, 0.25) is 0 Å². The number of rotatable bonds is 6. The molecule has 0 unspecified atom stereocenters. The van der Waals surface area contributed by atoms with Crippen molar-refractivity contribution in [1.29, 1.82) is 5.41 Å². The van der Waals surface area contributed by atoms with Gasteiger partial charge in [-0.1, -0.05) is 25.3 Å². The van der Waals surface area contributed by atoms with Gasteiger partial charge in [-0.15, -0.1) is 0 Å². The van der Waals surface area contributed by atoms with Gasteiger partial charge in [0.25, 0.3) is 11.5 Å². The SMILES string of the molecule is COCCCn1c(=N)c(C(=O)NC2CCCCC2)cc2c(=O)n3cccc(C)c3nc21. The van der Waals surface area contributed by atoms with Crippen molar-refractivity contribution in [3.8, 4) is 0 Å². The van der Waals surface area contributed by atoms with Crippen LogP contribution in [0.1, 0.15) is 54.4 Å². The van der Waals surface area contributed by atoms with Gasteiger partial charge in [-0.3, -0.25) is 19.4 Å². The summed E-state index contributed by atoms with van der Waals surface area (Å²) >= 11 is 0. The minimum absolute atomic E-state index is 0.0711. The van der Waals surface area contributed by atoms with E-state index < -0.39 is 0 Å². The topological polar surface area (TPSA) is 101 Å². The average molecular weight is 424 g/mol. The lowest BCUT2D eigenvalue weighted by Crippen LogP contribution is -2.40. The Morgan fingerprint density at radius 3 is 2.81 bits per heavy atom. The predicted molar refractivity (Wildman–Crippen MR) is 118 cm³/mol. The van der Waals surface area contributed by atoms with E-state index in [4.69, 9.17) is 15.1 Å². The number of fused-ring (bicyclic) bond motifs is 2. The Balaban J connectivity index is 1.88. The van der Waals surface area contributed by atoms with Gasteiger partial charge in [-0.05, 0) is 43.9 Å². The fourth-order valence-corrected chi connectivity index (χ4v) is 4.36. The zero-order chi connectivity index (χ0) is 22.0. The number of carbonyl (C=O) groups is 1. The number of nitrogens with zero attached hydrogens (tertiary/aromatic N) is 3. The summed E-state index contributed by atoms with van der Waals surface area (Å²) < 4.78 is 8.33. The normalized spacial score (nSPS) is 14.9. The lowest BCUT2D eigenvalue weighted by atomic mass is 9.95. The van der Waals surface area contributed by atoms with Crippen molar-refractivity contribution >= 4 is 22.6 Å². The Morgan fingerprint density at radius 2 is 2.06 bits per heavy atom. The molecule has 4 rings (SSSR count). The highest BCUT2D eigenvalue weighted by atomic mass is 16.5. The van der Waals surface area contributed by atoms with Crippen molar-refractivity contribution in [2.75, 3.05) is 13.7 Å². The van der Waals surface area contributed by atoms with Crippen LogP contribution >= 0.6 is 0 Å². The minimum Gasteiger partial charge on any atom is -0.385 e. The third kappa shape index (κ3) is 4.12. The number of hydrogen-bond acceptors (Lipinski definition) is 5. The Bertz CT molecular complexity index is 1240. The molecule has 0 saturated heterocycles. The first-order valence-electron chi connectivity index (χ1n) is 10.9. The summed E-state index contributed by atoms with van der Waals surface area (Å²) in [5.74, 6) is -0.298. The number of aromatic nitrogens is 3. The first-order chi connectivity index (χ1) is 15.0. The zero-order valence-corrected chi connectivity index (χ0v) is 18.1. The monoisotopic (exact) mass is 423 g/mol. The van der Waals surface area contributed by atoms with E-state index >= 15 is 0 Å². The summed E-state index contributed by atoms with van der Waals surface area (Å²) in [6.07, 6.45) is 7.63. The van der Waals surface area contributed by atoms with Crippen LogP contribution in [0.15, 0.2) is 29.2 Å². The third-order valence-corrected chi connectivity index (χ3v) is 6.05. The molecule has 8 heteroatoms. The molecule has 3 heterocycles. The maximum atomic E-state index is 13.3. The summed E-state index contributed by atoms with van der Waals surface area (Å²) in [6, 6.07) is 5.36. The maximum Gasteiger partial charge on any atom is 0.267 e. The number of nitrogens with one attached hydrogen (secondary N) is 2. The molecule has 0 bridgehead atoms. The second-order valence-corrected chi connectivity index (χ2v) is 8.25. The molecule has 2 N–H and O–H groups in total. The highest BCUT2D eigenvalue weighted by Gasteiger charge is 2.21. The molecule has 1 amide bonds. The van der Waals surface area contributed by atoms with Crippen LogP contribution in [0.3, 0.4) is 0 Å². The highest BCUT2D eigenvalue weighted by Crippen LogP contribution is 2.18. The molecular formula is C23H29N5O3. The molecular weight excluding hydrogens is 394 g/mol. The number of methoxy groups -OCH3 is 1. The van der Waals surface area contributed by atoms with Gasteiger partial charge < -0.3 is 14.6 Å². The third-order valence-electron chi connectivity index (χ3n) is 6.05. The van der Waals surface area contributed by atoms with Gasteiger partial charge in [-0.25, -0.2) is 4.98 Å². The van der Waals surface area contributed by atoms with E-state index in [1.165, 1.54) is 16.9 Å². The predicted octanol–water partition coefficient (Wildman–Crippen LogP) is 2.54. The summed E-state index contributed by atoms with van der Waals surface area (Å²) in [6.45, 7) is 2.84. The quantitative estimate of drug-likeness (QED) is 0.470. The smallest absolute Gasteiger partial charge is 0.267 e. The van der Waals surface area contributed by atoms with Crippen LogP contribution in [0.2, 0.25) is 0 Å². The molecule has 164 valence electrons. The number of aryl methyl sites for hydroxylation is 2. The molecule has 3 aromatic rings. The first kappa shape index (κ1) is 21.2. The van der Waals surface area contributed by atoms with Gasteiger partial charge >= 0.3 is 0 Å². The van der Waals surface area contributed by atoms with E-state index in [0.717, 1.165) is 31.2 Å². The molecule has 0 spiro atoms. The summed E-state index contributed by atoms with van der Waals surface area (Å²) in [5, 5.41) is 12.2. The number of pyridine rings is 2. The van der Waals surface area contributed by atoms with E-state index in [1.54, 1.807) is 23.9 Å². The first-order valence-corrected chi connectivity index (χ1v) is 10.9. The average Bonchev–Trinajstić information content (AvgIpc) is 2.77. The Kier molecular flexibility index (Phi) is 6.18. The van der Waals surface area contributed by atoms with Crippen molar-refractivity contribution in [3.05, 3.63) is 51.4 Å². The molecule has 0 atom stereocenters. The van der Waals surface area contributed by atoms with Crippen LogP contribution in [0.4, 0.5) is 0 Å². The number of carbonyl (C=O) groups excluding carboxylic acids is 1. The molecule has 31 heavy (non-hydrogen) atoms. The van der Waals surface area contributed by atoms with Crippen LogP contribution in [0.25, 0.3) is 16.7 Å². The summed E-state index contributed by atoms with van der Waals surface area (Å²) in [5.41, 5.74) is 1.89. The standard InChI is InChI=1S/C23H29N5O3/c1-15-8-6-11-28-20(15)26-21-18(23(28)30)14-17(19(24)27(21)12-7-13-31-2)22(29)25-16-9-4-3-5-10-16/h6,8,11,14,16,24H,3-5,7,9-10,12-13H2,1-2H3,(H,25,29). The minimum atomic E-state index is -0.298. The van der Waals surface area contributed by atoms with Gasteiger partial charge in [0.05, 0.1) is 10.9 Å². The van der Waals surface area contributed by atoms with Crippen molar-refractivity contribution < 1.29 is 9.53 Å². The van der Waals surface area contributed by atoms with Gasteiger partial charge in [0.1, 0.15) is 16.8 Å². The van der Waals surface area contributed by atoms with Crippen LogP contribution in [0.5, 0.6) is 0 Å². The number of hydrogen-bond donors (Lipinski definition) is 2. The molecule has 1 aliphatic rings. The van der Waals surface area contributed by atoms with Gasteiger partial charge in [0, 0.05) is 32.5 Å². The molecule has 0 aromatic carbocycles. The van der Waals surface area contributed by atoms with Crippen LogP contribution < -0.4 is 16.4 Å². The molecule has 0 aliphatic heterocycles. The molecule has 1 aliphatic carbocycles. The van der Waals surface area contributed by atoms with Crippen molar-refractivity contribution in [3.63, 3.8) is 0 Å². The number of ether oxygens (including phenoxy) is 1. The largest absolute Gasteiger partial charge is 0.385 e. The maximum absolute atomic E-state index is 13.3. The van der Waals surface area contributed by atoms with E-state index in [9.17, 15) is 9.59 Å². The van der Waals surface area contributed by atoms with E-state index in [-0.39, 0.29) is 28.6 Å². The lowest BCUT2D eigenvalue weighted by Gasteiger charge is -2.23.